The molecule has 1 unspecified atom stereocenters. The summed E-state index contributed by atoms with van der Waals surface area (Å²) >= 11 is 0. The van der Waals surface area contributed by atoms with Crippen molar-refractivity contribution in [3.05, 3.63) is 34.9 Å². The lowest BCUT2D eigenvalue weighted by molar-refractivity contribution is 0.240. The second kappa shape index (κ2) is 6.02. The maximum absolute atomic E-state index is 9.45. The van der Waals surface area contributed by atoms with Crippen molar-refractivity contribution in [2.45, 2.75) is 33.7 Å². The second-order valence-electron chi connectivity index (χ2n) is 4.83. The molecule has 0 aromatic heterocycles. The zero-order valence-electron chi connectivity index (χ0n) is 10.7. The van der Waals surface area contributed by atoms with Crippen molar-refractivity contribution in [3.63, 3.8) is 0 Å². The summed E-state index contributed by atoms with van der Waals surface area (Å²) in [5.41, 5.74) is 3.77. The zero-order valence-corrected chi connectivity index (χ0v) is 10.7. The quantitative estimate of drug-likeness (QED) is 0.801. The molecule has 0 radical (unpaired) electrons. The van der Waals surface area contributed by atoms with Gasteiger partial charge in [0, 0.05) is 0 Å². The van der Waals surface area contributed by atoms with Crippen LogP contribution in [0.3, 0.4) is 0 Å². The minimum atomic E-state index is 0.0577. The molecule has 0 aliphatic rings. The molecule has 0 aliphatic heterocycles. The van der Waals surface area contributed by atoms with Gasteiger partial charge in [0.1, 0.15) is 0 Å². The molecule has 2 heteroatoms. The number of rotatable bonds is 5. The topological polar surface area (TPSA) is 32.3 Å². The predicted octanol–water partition coefficient (Wildman–Crippen LogP) is 2.58. The van der Waals surface area contributed by atoms with Gasteiger partial charge in [0.25, 0.3) is 0 Å². The van der Waals surface area contributed by atoms with Gasteiger partial charge in [-0.25, -0.2) is 0 Å². The van der Waals surface area contributed by atoms with E-state index in [1.165, 1.54) is 16.7 Å². The van der Waals surface area contributed by atoms with Crippen LogP contribution in [0.25, 0.3) is 0 Å². The van der Waals surface area contributed by atoms with E-state index >= 15 is 0 Å². The van der Waals surface area contributed by atoms with E-state index in [1.807, 2.05) is 0 Å². The first-order valence-corrected chi connectivity index (χ1v) is 5.96. The molecule has 2 nitrogen and oxygen atoms in total. The maximum Gasteiger partial charge on any atom is 0.0626 e. The molecule has 2 N–H and O–H groups in total. The first kappa shape index (κ1) is 13.2. The van der Waals surface area contributed by atoms with E-state index in [1.54, 1.807) is 0 Å². The smallest absolute Gasteiger partial charge is 0.0626 e. The fraction of sp³-hybridized carbons (Fsp3) is 0.571. The van der Waals surface area contributed by atoms with Gasteiger partial charge in [-0.2, -0.15) is 0 Å². The Kier molecular flexibility index (Phi) is 4.97. The highest BCUT2D eigenvalue weighted by atomic mass is 16.3. The van der Waals surface area contributed by atoms with E-state index in [-0.39, 0.29) is 12.6 Å². The summed E-state index contributed by atoms with van der Waals surface area (Å²) in [7, 11) is 0. The van der Waals surface area contributed by atoms with Crippen molar-refractivity contribution in [3.8, 4) is 0 Å². The summed E-state index contributed by atoms with van der Waals surface area (Å²) < 4.78 is 0. The Balaban J connectivity index is 2.82. The minimum absolute atomic E-state index is 0.0577. The van der Waals surface area contributed by atoms with Crippen molar-refractivity contribution < 1.29 is 5.11 Å². The SMILES string of the molecule is Cc1cccc(C(CO)NCC(C)C)c1C. The fourth-order valence-corrected chi connectivity index (χ4v) is 1.80. The average Bonchev–Trinajstić information content (AvgIpc) is 2.24. The van der Waals surface area contributed by atoms with Gasteiger partial charge in [-0.3, -0.25) is 0 Å². The zero-order chi connectivity index (χ0) is 12.1. The van der Waals surface area contributed by atoms with Crippen LogP contribution in [0.5, 0.6) is 0 Å². The molecule has 0 saturated carbocycles. The minimum Gasteiger partial charge on any atom is -0.394 e. The van der Waals surface area contributed by atoms with Crippen LogP contribution in [-0.2, 0) is 0 Å². The summed E-state index contributed by atoms with van der Waals surface area (Å²) in [4.78, 5) is 0. The summed E-state index contributed by atoms with van der Waals surface area (Å²) in [5, 5.41) is 12.8. The molecule has 0 saturated heterocycles. The molecule has 1 aromatic carbocycles. The van der Waals surface area contributed by atoms with Crippen LogP contribution in [0.1, 0.15) is 36.6 Å². The van der Waals surface area contributed by atoms with E-state index in [0.29, 0.717) is 5.92 Å². The number of hydrogen-bond donors (Lipinski definition) is 2. The highest BCUT2D eigenvalue weighted by Crippen LogP contribution is 2.20. The van der Waals surface area contributed by atoms with Crippen LogP contribution in [-0.4, -0.2) is 18.3 Å². The van der Waals surface area contributed by atoms with Crippen LogP contribution in [0.2, 0.25) is 0 Å². The Morgan fingerprint density at radius 2 is 1.94 bits per heavy atom. The number of aliphatic hydroxyl groups is 1. The monoisotopic (exact) mass is 221 g/mol. The van der Waals surface area contributed by atoms with Gasteiger partial charge in [0.05, 0.1) is 12.6 Å². The van der Waals surface area contributed by atoms with E-state index < -0.39 is 0 Å². The molecule has 0 aliphatic carbocycles. The van der Waals surface area contributed by atoms with E-state index in [4.69, 9.17) is 0 Å². The van der Waals surface area contributed by atoms with Gasteiger partial charge in [-0.15, -0.1) is 0 Å². The van der Waals surface area contributed by atoms with Gasteiger partial charge < -0.3 is 10.4 Å². The Morgan fingerprint density at radius 1 is 1.25 bits per heavy atom. The molecule has 0 fully saturated rings. The third-order valence-corrected chi connectivity index (χ3v) is 2.98. The Hall–Kier alpha value is -0.860. The molecule has 1 atom stereocenters. The van der Waals surface area contributed by atoms with Crippen LogP contribution < -0.4 is 5.32 Å². The largest absolute Gasteiger partial charge is 0.394 e. The van der Waals surface area contributed by atoms with Crippen molar-refractivity contribution in [1.29, 1.82) is 0 Å². The Labute approximate surface area is 98.7 Å². The Morgan fingerprint density at radius 3 is 2.50 bits per heavy atom. The van der Waals surface area contributed by atoms with E-state index in [9.17, 15) is 5.11 Å². The van der Waals surface area contributed by atoms with E-state index in [2.05, 4.69) is 51.2 Å². The highest BCUT2D eigenvalue weighted by molar-refractivity contribution is 5.35. The maximum atomic E-state index is 9.45. The summed E-state index contributed by atoms with van der Waals surface area (Å²) in [6.45, 7) is 9.64. The first-order chi connectivity index (χ1) is 7.56. The molecule has 0 heterocycles. The molecule has 0 bridgehead atoms. The van der Waals surface area contributed by atoms with Crippen molar-refractivity contribution in [1.82, 2.24) is 5.32 Å². The van der Waals surface area contributed by atoms with Crippen molar-refractivity contribution >= 4 is 0 Å². The normalized spacial score (nSPS) is 13.1. The predicted molar refractivity (Wildman–Crippen MR) is 68.6 cm³/mol. The molecular formula is C14H23NO. The lowest BCUT2D eigenvalue weighted by atomic mass is 9.97. The summed E-state index contributed by atoms with van der Waals surface area (Å²) in [5.74, 6) is 0.596. The number of benzene rings is 1. The van der Waals surface area contributed by atoms with Gasteiger partial charge in [0.2, 0.25) is 0 Å². The Bertz CT molecular complexity index is 334. The molecule has 1 aromatic rings. The molecule has 1 rings (SSSR count). The third-order valence-electron chi connectivity index (χ3n) is 2.98. The molecule has 16 heavy (non-hydrogen) atoms. The lowest BCUT2D eigenvalue weighted by Crippen LogP contribution is -2.28. The number of nitrogens with one attached hydrogen (secondary N) is 1. The molecule has 90 valence electrons. The summed E-state index contributed by atoms with van der Waals surface area (Å²) in [6.07, 6.45) is 0. The standard InChI is InChI=1S/C14H23NO/c1-10(2)8-15-14(9-16)13-7-5-6-11(3)12(13)4/h5-7,10,14-16H,8-9H2,1-4H3. The van der Waals surface area contributed by atoms with Crippen LogP contribution in [0.4, 0.5) is 0 Å². The third kappa shape index (κ3) is 3.32. The average molecular weight is 221 g/mol. The van der Waals surface area contributed by atoms with Gasteiger partial charge in [-0.1, -0.05) is 32.0 Å². The van der Waals surface area contributed by atoms with Crippen molar-refractivity contribution in [2.75, 3.05) is 13.2 Å². The highest BCUT2D eigenvalue weighted by Gasteiger charge is 2.13. The van der Waals surface area contributed by atoms with Gasteiger partial charge >= 0.3 is 0 Å². The second-order valence-corrected chi connectivity index (χ2v) is 4.83. The fourth-order valence-electron chi connectivity index (χ4n) is 1.80. The molecule has 0 amide bonds. The number of hydrogen-bond acceptors (Lipinski definition) is 2. The first-order valence-electron chi connectivity index (χ1n) is 5.96. The van der Waals surface area contributed by atoms with Crippen LogP contribution >= 0.6 is 0 Å². The van der Waals surface area contributed by atoms with Gasteiger partial charge in [-0.05, 0) is 43.0 Å². The molecule has 0 spiro atoms. The number of aryl methyl sites for hydroxylation is 1. The lowest BCUT2D eigenvalue weighted by Gasteiger charge is -2.21. The van der Waals surface area contributed by atoms with Crippen LogP contribution in [0, 0.1) is 19.8 Å². The summed E-state index contributed by atoms with van der Waals surface area (Å²) in [6, 6.07) is 6.31. The number of aliphatic hydroxyl groups excluding tert-OH is 1. The van der Waals surface area contributed by atoms with E-state index in [0.717, 1.165) is 6.54 Å². The van der Waals surface area contributed by atoms with Gasteiger partial charge in [0.15, 0.2) is 0 Å². The van der Waals surface area contributed by atoms with Crippen LogP contribution in [0.15, 0.2) is 18.2 Å². The molecular weight excluding hydrogens is 198 g/mol. The van der Waals surface area contributed by atoms with Crippen molar-refractivity contribution in [2.24, 2.45) is 5.92 Å².